The van der Waals surface area contributed by atoms with Crippen molar-refractivity contribution in [3.05, 3.63) is 59.4 Å². The van der Waals surface area contributed by atoms with Crippen molar-refractivity contribution in [1.29, 1.82) is 0 Å². The van der Waals surface area contributed by atoms with E-state index in [0.717, 1.165) is 18.8 Å². The Labute approximate surface area is 160 Å². The molecule has 1 saturated heterocycles. The van der Waals surface area contributed by atoms with Crippen molar-refractivity contribution >= 4 is 28.9 Å². The van der Waals surface area contributed by atoms with Gasteiger partial charge < -0.3 is 19.4 Å². The summed E-state index contributed by atoms with van der Waals surface area (Å²) in [6.45, 7) is 2.86. The molecule has 2 heterocycles. The number of nitrogens with one attached hydrogen (secondary N) is 1. The van der Waals surface area contributed by atoms with Crippen LogP contribution in [0.2, 0.25) is 5.02 Å². The molecule has 0 radical (unpaired) electrons. The minimum absolute atomic E-state index is 0.123. The molecule has 1 aromatic heterocycles. The zero-order valence-electron chi connectivity index (χ0n) is 14.4. The second-order valence-corrected chi connectivity index (χ2v) is 6.37. The van der Waals surface area contributed by atoms with Crippen LogP contribution in [0.3, 0.4) is 0 Å². The lowest BCUT2D eigenvalue weighted by atomic mass is 10.2. The second-order valence-electron chi connectivity index (χ2n) is 5.96. The molecule has 0 bridgehead atoms. The molecule has 1 N–H and O–H groups in total. The van der Waals surface area contributed by atoms with E-state index in [1.54, 1.807) is 18.2 Å². The molecule has 8 heteroatoms. The number of hydrogen-bond acceptors (Lipinski definition) is 6. The number of hydrogen-bond donors (Lipinski definition) is 1. The summed E-state index contributed by atoms with van der Waals surface area (Å²) < 4.78 is 10.9. The average molecular weight is 385 g/mol. The van der Waals surface area contributed by atoms with Gasteiger partial charge in [0, 0.05) is 13.1 Å². The Kier molecular flexibility index (Phi) is 5.04. The van der Waals surface area contributed by atoms with Gasteiger partial charge in [-0.15, -0.1) is 10.2 Å². The van der Waals surface area contributed by atoms with E-state index in [9.17, 15) is 4.79 Å². The highest BCUT2D eigenvalue weighted by Crippen LogP contribution is 2.28. The topological polar surface area (TPSA) is 80.5 Å². The lowest BCUT2D eigenvalue weighted by Crippen LogP contribution is -2.36. The molecule has 0 atom stereocenters. The van der Waals surface area contributed by atoms with Gasteiger partial charge in [0.2, 0.25) is 5.89 Å². The maximum absolute atomic E-state index is 12.6. The predicted octanol–water partition coefficient (Wildman–Crippen LogP) is 3.48. The van der Waals surface area contributed by atoms with Gasteiger partial charge in [-0.05, 0) is 24.3 Å². The normalized spacial score (nSPS) is 14.2. The van der Waals surface area contributed by atoms with Crippen LogP contribution in [0.15, 0.2) is 52.9 Å². The number of nitrogens with zero attached hydrogens (tertiary/aromatic N) is 3. The molecular formula is C19H17ClN4O3. The Morgan fingerprint density at radius 2 is 1.78 bits per heavy atom. The van der Waals surface area contributed by atoms with Crippen LogP contribution in [0.1, 0.15) is 10.7 Å². The van der Waals surface area contributed by atoms with Crippen LogP contribution in [0, 0.1) is 0 Å². The summed E-state index contributed by atoms with van der Waals surface area (Å²) >= 11 is 6.14. The van der Waals surface area contributed by atoms with Crippen molar-refractivity contribution < 1.29 is 13.9 Å². The quantitative estimate of drug-likeness (QED) is 0.741. The minimum atomic E-state index is -0.471. The van der Waals surface area contributed by atoms with Crippen LogP contribution in [-0.2, 0) is 4.74 Å². The van der Waals surface area contributed by atoms with E-state index in [4.69, 9.17) is 20.8 Å². The molecule has 138 valence electrons. The van der Waals surface area contributed by atoms with E-state index in [2.05, 4.69) is 20.4 Å². The molecule has 3 aromatic rings. The number of anilines is 2. The molecule has 7 nitrogen and oxygen atoms in total. The van der Waals surface area contributed by atoms with Gasteiger partial charge in [0.1, 0.15) is 0 Å². The van der Waals surface area contributed by atoms with Crippen LogP contribution in [0.25, 0.3) is 11.5 Å². The molecule has 1 aliphatic rings. The molecule has 1 aliphatic heterocycles. The van der Waals surface area contributed by atoms with Gasteiger partial charge in [-0.3, -0.25) is 4.79 Å². The number of morpholine rings is 1. The van der Waals surface area contributed by atoms with Crippen LogP contribution < -0.4 is 10.2 Å². The maximum atomic E-state index is 12.6. The summed E-state index contributed by atoms with van der Waals surface area (Å²) in [6.07, 6.45) is 0. The van der Waals surface area contributed by atoms with Gasteiger partial charge in [0.15, 0.2) is 0 Å². The predicted molar refractivity (Wildman–Crippen MR) is 102 cm³/mol. The minimum Gasteiger partial charge on any atom is -0.412 e. The van der Waals surface area contributed by atoms with E-state index >= 15 is 0 Å². The SMILES string of the molecule is O=C(Nc1ccccc1N1CCOCC1)c1nnc(-c2ccccc2Cl)o1. The van der Waals surface area contributed by atoms with E-state index in [0.29, 0.717) is 29.5 Å². The van der Waals surface area contributed by atoms with E-state index in [1.165, 1.54) is 0 Å². The summed E-state index contributed by atoms with van der Waals surface area (Å²) in [4.78, 5) is 14.8. The maximum Gasteiger partial charge on any atom is 0.313 e. The Balaban J connectivity index is 1.54. The van der Waals surface area contributed by atoms with E-state index in [-0.39, 0.29) is 11.8 Å². The molecule has 4 rings (SSSR count). The van der Waals surface area contributed by atoms with Crippen molar-refractivity contribution in [1.82, 2.24) is 10.2 Å². The molecule has 1 amide bonds. The van der Waals surface area contributed by atoms with Crippen LogP contribution in [-0.4, -0.2) is 42.4 Å². The third kappa shape index (κ3) is 3.79. The lowest BCUT2D eigenvalue weighted by Gasteiger charge is -2.30. The Morgan fingerprint density at radius 3 is 2.59 bits per heavy atom. The molecular weight excluding hydrogens is 368 g/mol. The van der Waals surface area contributed by atoms with Gasteiger partial charge in [0.05, 0.1) is 35.2 Å². The molecule has 0 unspecified atom stereocenters. The number of benzene rings is 2. The van der Waals surface area contributed by atoms with Crippen molar-refractivity contribution in [2.45, 2.75) is 0 Å². The third-order valence-electron chi connectivity index (χ3n) is 4.23. The zero-order chi connectivity index (χ0) is 18.6. The average Bonchev–Trinajstić information content (AvgIpc) is 3.19. The Hall–Kier alpha value is -2.90. The number of carbonyl (C=O) groups excluding carboxylic acids is 1. The van der Waals surface area contributed by atoms with Gasteiger partial charge in [-0.1, -0.05) is 35.9 Å². The van der Waals surface area contributed by atoms with E-state index in [1.807, 2.05) is 30.3 Å². The highest BCUT2D eigenvalue weighted by molar-refractivity contribution is 6.33. The molecule has 2 aromatic carbocycles. The van der Waals surface area contributed by atoms with Gasteiger partial charge >= 0.3 is 11.8 Å². The Morgan fingerprint density at radius 1 is 1.04 bits per heavy atom. The summed E-state index contributed by atoms with van der Waals surface area (Å²) in [5.74, 6) is -0.393. The fraction of sp³-hybridized carbons (Fsp3) is 0.211. The summed E-state index contributed by atoms with van der Waals surface area (Å²) in [5.41, 5.74) is 2.20. The summed E-state index contributed by atoms with van der Waals surface area (Å²) in [7, 11) is 0. The van der Waals surface area contributed by atoms with Gasteiger partial charge in [-0.2, -0.15) is 0 Å². The van der Waals surface area contributed by atoms with Crippen LogP contribution in [0.4, 0.5) is 11.4 Å². The summed E-state index contributed by atoms with van der Waals surface area (Å²) in [6, 6.07) is 14.7. The van der Waals surface area contributed by atoms with Crippen molar-refractivity contribution in [2.24, 2.45) is 0 Å². The fourth-order valence-corrected chi connectivity index (χ4v) is 3.11. The highest BCUT2D eigenvalue weighted by Gasteiger charge is 2.20. The number of para-hydroxylation sites is 2. The largest absolute Gasteiger partial charge is 0.412 e. The first kappa shape index (κ1) is 17.5. The zero-order valence-corrected chi connectivity index (χ0v) is 15.1. The number of halogens is 1. The van der Waals surface area contributed by atoms with Gasteiger partial charge in [0.25, 0.3) is 0 Å². The smallest absolute Gasteiger partial charge is 0.313 e. The number of aromatic nitrogens is 2. The molecule has 0 spiro atoms. The second kappa shape index (κ2) is 7.77. The first-order chi connectivity index (χ1) is 13.2. The molecule has 27 heavy (non-hydrogen) atoms. The summed E-state index contributed by atoms with van der Waals surface area (Å²) in [5, 5.41) is 11.1. The fourth-order valence-electron chi connectivity index (χ4n) is 2.89. The number of rotatable bonds is 4. The molecule has 0 saturated carbocycles. The van der Waals surface area contributed by atoms with Gasteiger partial charge in [-0.25, -0.2) is 0 Å². The number of amides is 1. The molecule has 1 fully saturated rings. The molecule has 0 aliphatic carbocycles. The first-order valence-corrected chi connectivity index (χ1v) is 8.91. The lowest BCUT2D eigenvalue weighted by molar-refractivity contribution is 0.0991. The van der Waals surface area contributed by atoms with Crippen molar-refractivity contribution in [3.63, 3.8) is 0 Å². The van der Waals surface area contributed by atoms with Crippen LogP contribution >= 0.6 is 11.6 Å². The van der Waals surface area contributed by atoms with E-state index < -0.39 is 5.91 Å². The standard InChI is InChI=1S/C19H17ClN4O3/c20-14-6-2-1-5-13(14)18-22-23-19(27-18)17(25)21-15-7-3-4-8-16(15)24-9-11-26-12-10-24/h1-8H,9-12H2,(H,21,25). The van der Waals surface area contributed by atoms with Crippen molar-refractivity contribution in [3.8, 4) is 11.5 Å². The first-order valence-electron chi connectivity index (χ1n) is 8.54. The monoisotopic (exact) mass is 384 g/mol. The Bertz CT molecular complexity index is 953. The number of ether oxygens (including phenoxy) is 1. The third-order valence-corrected chi connectivity index (χ3v) is 4.56. The van der Waals surface area contributed by atoms with Crippen LogP contribution in [0.5, 0.6) is 0 Å². The highest BCUT2D eigenvalue weighted by atomic mass is 35.5. The number of carbonyl (C=O) groups is 1. The van der Waals surface area contributed by atoms with Crippen molar-refractivity contribution in [2.75, 3.05) is 36.5 Å².